The molecule has 2 aromatic heterocycles. The highest BCUT2D eigenvalue weighted by molar-refractivity contribution is 7.99. The van der Waals surface area contributed by atoms with Crippen LogP contribution in [0.2, 0.25) is 0 Å². The van der Waals surface area contributed by atoms with E-state index in [0.29, 0.717) is 12.0 Å². The van der Waals surface area contributed by atoms with Crippen LogP contribution in [0.5, 0.6) is 0 Å². The van der Waals surface area contributed by atoms with E-state index in [1.54, 1.807) is 11.8 Å². The molecule has 2 aliphatic heterocycles. The molecule has 0 unspecified atom stereocenters. The summed E-state index contributed by atoms with van der Waals surface area (Å²) in [5, 5.41) is 11.7. The molecule has 7 heteroatoms. The molecular weight excluding hydrogens is 466 g/mol. The van der Waals surface area contributed by atoms with Crippen molar-refractivity contribution in [1.82, 2.24) is 24.6 Å². The molecule has 0 saturated carbocycles. The largest absolute Gasteiger partial charge is 0.377 e. The molecule has 0 radical (unpaired) electrons. The molecule has 2 saturated heterocycles. The maximum atomic E-state index is 5.86. The zero-order valence-electron chi connectivity index (χ0n) is 20.6. The molecule has 4 heterocycles. The van der Waals surface area contributed by atoms with Gasteiger partial charge >= 0.3 is 0 Å². The number of thioether (sulfide) groups is 1. The summed E-state index contributed by atoms with van der Waals surface area (Å²) in [6.07, 6.45) is 6.75. The van der Waals surface area contributed by atoms with Crippen LogP contribution >= 0.6 is 11.8 Å². The number of piperidine rings is 1. The lowest BCUT2D eigenvalue weighted by Gasteiger charge is -2.32. The van der Waals surface area contributed by atoms with E-state index in [2.05, 4.69) is 74.1 Å². The van der Waals surface area contributed by atoms with Gasteiger partial charge in [-0.3, -0.25) is 9.88 Å². The normalized spacial score (nSPS) is 19.3. The second kappa shape index (κ2) is 11.1. The number of likely N-dealkylation sites (tertiary alicyclic amines) is 1. The first-order valence-electron chi connectivity index (χ1n) is 13.1. The molecule has 0 amide bonds. The Morgan fingerprint density at radius 1 is 0.889 bits per heavy atom. The van der Waals surface area contributed by atoms with Crippen LogP contribution in [0.3, 0.4) is 0 Å². The summed E-state index contributed by atoms with van der Waals surface area (Å²) < 4.78 is 8.22. The van der Waals surface area contributed by atoms with Crippen molar-refractivity contribution in [1.29, 1.82) is 0 Å². The molecular formula is C29H33N5OS. The Bertz CT molecular complexity index is 1270. The summed E-state index contributed by atoms with van der Waals surface area (Å²) in [6, 6.07) is 21.3. The minimum atomic E-state index is 0.340. The number of rotatable bonds is 8. The number of benzene rings is 2. The molecule has 6 rings (SSSR count). The van der Waals surface area contributed by atoms with Gasteiger partial charge in [0.05, 0.1) is 18.2 Å². The smallest absolute Gasteiger partial charge is 0.191 e. The zero-order valence-corrected chi connectivity index (χ0v) is 21.4. The van der Waals surface area contributed by atoms with Gasteiger partial charge in [-0.1, -0.05) is 66.4 Å². The number of aromatic nitrogens is 4. The molecule has 0 N–H and O–H groups in total. The summed E-state index contributed by atoms with van der Waals surface area (Å²) >= 11 is 1.80. The van der Waals surface area contributed by atoms with Gasteiger partial charge in [-0.25, -0.2) is 0 Å². The molecule has 2 aromatic carbocycles. The quantitative estimate of drug-likeness (QED) is 0.297. The average molecular weight is 500 g/mol. The minimum absolute atomic E-state index is 0.340. The topological polar surface area (TPSA) is 56.1 Å². The Kier molecular flexibility index (Phi) is 7.30. The SMILES string of the molecule is c1ccc(Cn2c(SC[C@@H]3CCCO3)nnc2C2CCN(Cc3cccc4cccnc34)CC2)cc1. The first kappa shape index (κ1) is 23.6. The summed E-state index contributed by atoms with van der Waals surface area (Å²) in [7, 11) is 0. The van der Waals surface area contributed by atoms with Crippen LogP contribution in [0.15, 0.2) is 72.0 Å². The number of nitrogens with zero attached hydrogens (tertiary/aromatic N) is 5. The van der Waals surface area contributed by atoms with Gasteiger partial charge in [-0.2, -0.15) is 0 Å². The van der Waals surface area contributed by atoms with Crippen LogP contribution in [0, 0.1) is 0 Å². The number of pyridine rings is 1. The lowest BCUT2D eigenvalue weighted by molar-refractivity contribution is 0.129. The molecule has 1 atom stereocenters. The maximum Gasteiger partial charge on any atom is 0.191 e. The van der Waals surface area contributed by atoms with Crippen LogP contribution in [-0.2, 0) is 17.8 Å². The van der Waals surface area contributed by atoms with E-state index in [1.807, 2.05) is 12.3 Å². The summed E-state index contributed by atoms with van der Waals surface area (Å²) in [6.45, 7) is 4.77. The third kappa shape index (κ3) is 5.33. The Hall–Kier alpha value is -2.74. The molecule has 6 nitrogen and oxygen atoms in total. The predicted octanol–water partition coefficient (Wildman–Crippen LogP) is 5.53. The fourth-order valence-corrected chi connectivity index (χ4v) is 6.46. The van der Waals surface area contributed by atoms with E-state index in [4.69, 9.17) is 9.84 Å². The molecule has 36 heavy (non-hydrogen) atoms. The number of fused-ring (bicyclic) bond motifs is 1. The van der Waals surface area contributed by atoms with Crippen molar-refractivity contribution in [3.05, 3.63) is 83.8 Å². The predicted molar refractivity (Wildman–Crippen MR) is 144 cm³/mol. The third-order valence-electron chi connectivity index (χ3n) is 7.41. The van der Waals surface area contributed by atoms with Gasteiger partial charge in [0, 0.05) is 36.4 Å². The third-order valence-corrected chi connectivity index (χ3v) is 8.51. The standard InChI is InChI=1S/C29H33N5OS/c1-2-7-22(8-3-1)19-34-28(31-32-29(34)36-21-26-12-6-18-35-26)24-13-16-33(17-14-24)20-25-10-4-9-23-11-5-15-30-27(23)25/h1-5,7-11,15,24,26H,6,12-14,16-21H2/t26-/m0/s1. The Labute approximate surface area is 217 Å². The highest BCUT2D eigenvalue weighted by atomic mass is 32.2. The Balaban J connectivity index is 1.16. The first-order chi connectivity index (χ1) is 17.8. The Morgan fingerprint density at radius 2 is 1.75 bits per heavy atom. The van der Waals surface area contributed by atoms with Crippen molar-refractivity contribution < 1.29 is 4.74 Å². The highest BCUT2D eigenvalue weighted by Crippen LogP contribution is 2.32. The van der Waals surface area contributed by atoms with E-state index in [9.17, 15) is 0 Å². The van der Waals surface area contributed by atoms with Crippen LogP contribution in [0.25, 0.3) is 10.9 Å². The molecule has 2 fully saturated rings. The lowest BCUT2D eigenvalue weighted by Crippen LogP contribution is -2.33. The summed E-state index contributed by atoms with van der Waals surface area (Å²) in [5.41, 5.74) is 3.72. The number of hydrogen-bond donors (Lipinski definition) is 0. The average Bonchev–Trinajstić information content (AvgIpc) is 3.59. The molecule has 0 bridgehead atoms. The molecule has 2 aliphatic rings. The van der Waals surface area contributed by atoms with Crippen molar-refractivity contribution in [3.8, 4) is 0 Å². The maximum absolute atomic E-state index is 5.86. The van der Waals surface area contributed by atoms with E-state index >= 15 is 0 Å². The van der Waals surface area contributed by atoms with Crippen molar-refractivity contribution in [2.24, 2.45) is 0 Å². The number of hydrogen-bond acceptors (Lipinski definition) is 6. The van der Waals surface area contributed by atoms with Gasteiger partial charge in [-0.15, -0.1) is 10.2 Å². The van der Waals surface area contributed by atoms with Gasteiger partial charge in [0.15, 0.2) is 5.16 Å². The van der Waals surface area contributed by atoms with Crippen LogP contribution in [0.1, 0.15) is 48.6 Å². The van der Waals surface area contributed by atoms with Gasteiger partial charge in [-0.05, 0) is 56.0 Å². The molecule has 0 aliphatic carbocycles. The number of ether oxygens (including phenoxy) is 1. The summed E-state index contributed by atoms with van der Waals surface area (Å²) in [5.74, 6) is 2.52. The fraction of sp³-hybridized carbons (Fsp3) is 0.414. The second-order valence-electron chi connectivity index (χ2n) is 9.90. The molecule has 4 aromatic rings. The van der Waals surface area contributed by atoms with Gasteiger partial charge < -0.3 is 9.30 Å². The van der Waals surface area contributed by atoms with Gasteiger partial charge in [0.2, 0.25) is 0 Å². The Morgan fingerprint density at radius 3 is 2.58 bits per heavy atom. The van der Waals surface area contributed by atoms with Crippen LogP contribution in [0.4, 0.5) is 0 Å². The van der Waals surface area contributed by atoms with Crippen molar-refractivity contribution in [2.45, 2.75) is 56.0 Å². The molecule has 0 spiro atoms. The van der Waals surface area contributed by atoms with E-state index in [1.165, 1.54) is 22.9 Å². The van der Waals surface area contributed by atoms with Crippen molar-refractivity contribution >= 4 is 22.7 Å². The van der Waals surface area contributed by atoms with Crippen molar-refractivity contribution in [3.63, 3.8) is 0 Å². The first-order valence-corrected chi connectivity index (χ1v) is 14.1. The fourth-order valence-electron chi connectivity index (χ4n) is 5.45. The summed E-state index contributed by atoms with van der Waals surface area (Å²) in [4.78, 5) is 7.21. The number of para-hydroxylation sites is 1. The monoisotopic (exact) mass is 499 g/mol. The van der Waals surface area contributed by atoms with Crippen LogP contribution < -0.4 is 0 Å². The van der Waals surface area contributed by atoms with Crippen molar-refractivity contribution in [2.75, 3.05) is 25.4 Å². The van der Waals surface area contributed by atoms with Gasteiger partial charge in [0.1, 0.15) is 5.82 Å². The second-order valence-corrected chi connectivity index (χ2v) is 10.9. The zero-order chi connectivity index (χ0) is 24.2. The highest BCUT2D eigenvalue weighted by Gasteiger charge is 2.27. The van der Waals surface area contributed by atoms with E-state index in [0.717, 1.165) is 74.3 Å². The van der Waals surface area contributed by atoms with E-state index < -0.39 is 0 Å². The van der Waals surface area contributed by atoms with Crippen LogP contribution in [-0.4, -0.2) is 56.2 Å². The van der Waals surface area contributed by atoms with Gasteiger partial charge in [0.25, 0.3) is 0 Å². The lowest BCUT2D eigenvalue weighted by atomic mass is 9.95. The van der Waals surface area contributed by atoms with E-state index in [-0.39, 0.29) is 0 Å². The molecule has 186 valence electrons. The minimum Gasteiger partial charge on any atom is -0.377 e.